The zero-order chi connectivity index (χ0) is 10.8. The molecule has 1 aromatic heterocycles. The lowest BCUT2D eigenvalue weighted by molar-refractivity contribution is 0.476. The third kappa shape index (κ3) is 3.82. The van der Waals surface area contributed by atoms with Crippen LogP contribution in [0.2, 0.25) is 10.3 Å². The van der Waals surface area contributed by atoms with E-state index < -0.39 is 0 Å². The fraction of sp³-hybridized carbons (Fsp3) is 0.500. The predicted octanol–water partition coefficient (Wildman–Crippen LogP) is 3.06. The Kier molecular flexibility index (Phi) is 3.76. The molecule has 0 saturated carbocycles. The molecule has 0 unspecified atom stereocenters. The maximum atomic E-state index is 5.92. The normalized spacial score (nSPS) is 11.8. The van der Waals surface area contributed by atoms with Crippen molar-refractivity contribution in [3.05, 3.63) is 28.0 Å². The minimum Gasteiger partial charge on any atom is -0.326 e. The Morgan fingerprint density at radius 1 is 1.36 bits per heavy atom. The van der Waals surface area contributed by atoms with Gasteiger partial charge < -0.3 is 5.73 Å². The topological polar surface area (TPSA) is 38.9 Å². The van der Waals surface area contributed by atoms with E-state index in [0.29, 0.717) is 10.3 Å². The fourth-order valence-corrected chi connectivity index (χ4v) is 1.52. The lowest BCUT2D eigenvalue weighted by Crippen LogP contribution is -2.32. The molecule has 78 valence electrons. The summed E-state index contributed by atoms with van der Waals surface area (Å²) in [5.74, 6) is 0. The van der Waals surface area contributed by atoms with Gasteiger partial charge in [0.05, 0.1) is 0 Å². The van der Waals surface area contributed by atoms with Crippen LogP contribution in [0.25, 0.3) is 0 Å². The maximum Gasteiger partial charge on any atom is 0.134 e. The zero-order valence-electron chi connectivity index (χ0n) is 8.35. The number of nitrogens with zero attached hydrogens (tertiary/aromatic N) is 1. The van der Waals surface area contributed by atoms with Gasteiger partial charge in [0, 0.05) is 5.54 Å². The monoisotopic (exact) mass is 232 g/mol. The molecule has 2 nitrogen and oxygen atoms in total. The van der Waals surface area contributed by atoms with Crippen molar-refractivity contribution in [1.82, 2.24) is 4.98 Å². The number of pyridine rings is 1. The van der Waals surface area contributed by atoms with Crippen LogP contribution < -0.4 is 5.73 Å². The summed E-state index contributed by atoms with van der Waals surface area (Å²) >= 11 is 11.6. The van der Waals surface area contributed by atoms with E-state index in [0.717, 1.165) is 18.4 Å². The van der Waals surface area contributed by atoms with Crippen LogP contribution >= 0.6 is 23.2 Å². The molecule has 0 atom stereocenters. The molecule has 14 heavy (non-hydrogen) atoms. The smallest absolute Gasteiger partial charge is 0.134 e. The van der Waals surface area contributed by atoms with E-state index in [1.54, 1.807) is 6.07 Å². The number of halogens is 2. The summed E-state index contributed by atoms with van der Waals surface area (Å²) in [6, 6.07) is 3.63. The van der Waals surface area contributed by atoms with Crippen molar-refractivity contribution in [1.29, 1.82) is 0 Å². The van der Waals surface area contributed by atoms with Gasteiger partial charge in [-0.15, -0.1) is 0 Å². The molecule has 0 radical (unpaired) electrons. The van der Waals surface area contributed by atoms with Crippen molar-refractivity contribution in [3.8, 4) is 0 Å². The quantitative estimate of drug-likeness (QED) is 0.815. The molecule has 0 aliphatic carbocycles. The van der Waals surface area contributed by atoms with Crippen molar-refractivity contribution in [3.63, 3.8) is 0 Å². The number of hydrogen-bond donors (Lipinski definition) is 1. The highest BCUT2D eigenvalue weighted by Gasteiger charge is 2.12. The Morgan fingerprint density at radius 2 is 2.00 bits per heavy atom. The second-order valence-corrected chi connectivity index (χ2v) is 4.82. The number of aryl methyl sites for hydroxylation is 1. The predicted molar refractivity (Wildman–Crippen MR) is 60.8 cm³/mol. The van der Waals surface area contributed by atoms with E-state index in [1.807, 2.05) is 19.9 Å². The van der Waals surface area contributed by atoms with Crippen LogP contribution in [-0.4, -0.2) is 10.5 Å². The lowest BCUT2D eigenvalue weighted by Gasteiger charge is -2.18. The standard InChI is InChI=1S/C10H14Cl2N2/c1-10(2,13)6-5-7-3-4-8(11)14-9(7)12/h3-4H,5-6,13H2,1-2H3. The summed E-state index contributed by atoms with van der Waals surface area (Å²) in [6.45, 7) is 3.98. The van der Waals surface area contributed by atoms with Gasteiger partial charge in [0.2, 0.25) is 0 Å². The van der Waals surface area contributed by atoms with Crippen molar-refractivity contribution >= 4 is 23.2 Å². The highest BCUT2D eigenvalue weighted by atomic mass is 35.5. The number of hydrogen-bond acceptors (Lipinski definition) is 2. The molecule has 0 amide bonds. The van der Waals surface area contributed by atoms with Gasteiger partial charge in [-0.1, -0.05) is 29.3 Å². The third-order valence-corrected chi connectivity index (χ3v) is 2.47. The summed E-state index contributed by atoms with van der Waals surface area (Å²) in [5.41, 5.74) is 6.69. The van der Waals surface area contributed by atoms with Gasteiger partial charge in [-0.2, -0.15) is 0 Å². The average Bonchev–Trinajstić information content (AvgIpc) is 2.00. The van der Waals surface area contributed by atoms with Gasteiger partial charge in [0.25, 0.3) is 0 Å². The fourth-order valence-electron chi connectivity index (χ4n) is 1.08. The Balaban J connectivity index is 2.68. The lowest BCUT2D eigenvalue weighted by atomic mass is 9.97. The van der Waals surface area contributed by atoms with Crippen LogP contribution in [0.5, 0.6) is 0 Å². The minimum absolute atomic E-state index is 0.178. The third-order valence-electron chi connectivity index (χ3n) is 1.93. The Labute approximate surface area is 94.4 Å². The van der Waals surface area contributed by atoms with Crippen molar-refractivity contribution in [2.24, 2.45) is 5.73 Å². The molecule has 0 saturated heterocycles. The van der Waals surface area contributed by atoms with Crippen LogP contribution in [0.4, 0.5) is 0 Å². The molecular formula is C10H14Cl2N2. The van der Waals surface area contributed by atoms with Gasteiger partial charge in [-0.25, -0.2) is 4.98 Å². The summed E-state index contributed by atoms with van der Waals surface area (Å²) in [6.07, 6.45) is 1.70. The van der Waals surface area contributed by atoms with E-state index in [9.17, 15) is 0 Å². The van der Waals surface area contributed by atoms with Gasteiger partial charge in [0.15, 0.2) is 0 Å². The van der Waals surface area contributed by atoms with Gasteiger partial charge in [-0.05, 0) is 38.3 Å². The minimum atomic E-state index is -0.178. The first kappa shape index (κ1) is 11.8. The van der Waals surface area contributed by atoms with Crippen LogP contribution in [0.3, 0.4) is 0 Å². The molecule has 0 spiro atoms. The van der Waals surface area contributed by atoms with Gasteiger partial charge >= 0.3 is 0 Å². The summed E-state index contributed by atoms with van der Waals surface area (Å²) in [4.78, 5) is 3.96. The van der Waals surface area contributed by atoms with Crippen molar-refractivity contribution < 1.29 is 0 Å². The molecule has 0 fully saturated rings. The molecule has 0 bridgehead atoms. The number of nitrogens with two attached hydrogens (primary N) is 1. The highest BCUT2D eigenvalue weighted by Crippen LogP contribution is 2.19. The molecule has 1 heterocycles. The van der Waals surface area contributed by atoms with E-state index in [1.165, 1.54) is 0 Å². The zero-order valence-corrected chi connectivity index (χ0v) is 9.86. The second-order valence-electron chi connectivity index (χ2n) is 4.07. The van der Waals surface area contributed by atoms with E-state index in [2.05, 4.69) is 4.98 Å². The van der Waals surface area contributed by atoms with Gasteiger partial charge in [0.1, 0.15) is 10.3 Å². The molecule has 2 N–H and O–H groups in total. The molecule has 1 aromatic rings. The Bertz CT molecular complexity index is 318. The number of aromatic nitrogens is 1. The SMILES string of the molecule is CC(C)(N)CCc1ccc(Cl)nc1Cl. The van der Waals surface area contributed by atoms with Crippen LogP contribution in [0, 0.1) is 0 Å². The van der Waals surface area contributed by atoms with Crippen molar-refractivity contribution in [2.45, 2.75) is 32.2 Å². The molecule has 1 rings (SSSR count). The largest absolute Gasteiger partial charge is 0.326 e. The summed E-state index contributed by atoms with van der Waals surface area (Å²) in [5, 5.41) is 0.896. The first-order valence-corrected chi connectivity index (χ1v) is 5.24. The van der Waals surface area contributed by atoms with Gasteiger partial charge in [-0.3, -0.25) is 0 Å². The Hall–Kier alpha value is -0.310. The maximum absolute atomic E-state index is 5.92. The molecule has 0 aliphatic rings. The highest BCUT2D eigenvalue weighted by molar-refractivity contribution is 6.32. The molecule has 4 heteroatoms. The van der Waals surface area contributed by atoms with Crippen LogP contribution in [0.1, 0.15) is 25.8 Å². The first-order valence-electron chi connectivity index (χ1n) is 4.48. The first-order chi connectivity index (χ1) is 6.38. The van der Waals surface area contributed by atoms with E-state index in [-0.39, 0.29) is 5.54 Å². The van der Waals surface area contributed by atoms with E-state index >= 15 is 0 Å². The Morgan fingerprint density at radius 3 is 2.50 bits per heavy atom. The molecule has 0 aliphatic heterocycles. The summed E-state index contributed by atoms with van der Waals surface area (Å²) in [7, 11) is 0. The van der Waals surface area contributed by atoms with E-state index in [4.69, 9.17) is 28.9 Å². The molecular weight excluding hydrogens is 219 g/mol. The van der Waals surface area contributed by atoms with Crippen molar-refractivity contribution in [2.75, 3.05) is 0 Å². The second kappa shape index (κ2) is 4.47. The average molecular weight is 233 g/mol. The summed E-state index contributed by atoms with van der Waals surface area (Å²) < 4.78 is 0. The number of rotatable bonds is 3. The van der Waals surface area contributed by atoms with Crippen LogP contribution in [0.15, 0.2) is 12.1 Å². The van der Waals surface area contributed by atoms with Crippen LogP contribution in [-0.2, 0) is 6.42 Å². The molecule has 0 aromatic carbocycles.